The first-order valence-corrected chi connectivity index (χ1v) is 2.36. The molecule has 0 amide bonds. The van der Waals surface area contributed by atoms with E-state index in [1.165, 1.54) is 0 Å². The van der Waals surface area contributed by atoms with Crippen LogP contribution >= 0.6 is 0 Å². The Morgan fingerprint density at radius 2 is 1.18 bits per heavy atom. The van der Waals surface area contributed by atoms with E-state index in [0.717, 1.165) is 0 Å². The predicted molar refractivity (Wildman–Crippen MR) is 29.5 cm³/mol. The third kappa shape index (κ3) is 1400. The van der Waals surface area contributed by atoms with Crippen LogP contribution in [0.25, 0.3) is 0 Å². The molecule has 0 saturated carbocycles. The second kappa shape index (κ2) is 34.3. The summed E-state index contributed by atoms with van der Waals surface area (Å²) in [7, 11) is 0. The molecule has 1 N–H and O–H groups in total. The fourth-order valence-corrected chi connectivity index (χ4v) is 0. The van der Waals surface area contributed by atoms with Gasteiger partial charge in [0.15, 0.2) is 0 Å². The van der Waals surface area contributed by atoms with Gasteiger partial charge in [-0.15, -0.1) is 0 Å². The molecule has 0 rings (SSSR count). The zero-order valence-corrected chi connectivity index (χ0v) is 7.12. The Labute approximate surface area is 75.0 Å². The minimum Gasteiger partial charge on any atom is -0.554 e. The summed E-state index contributed by atoms with van der Waals surface area (Å²) in [6, 6.07) is 0. The molecule has 0 aliphatic rings. The Balaban J connectivity index is -0.0000000325. The van der Waals surface area contributed by atoms with E-state index in [1.54, 1.807) is 13.8 Å². The largest absolute Gasteiger partial charge is 2.00 e. The smallest absolute Gasteiger partial charge is 0.554 e. The summed E-state index contributed by atoms with van der Waals surface area (Å²) in [5.41, 5.74) is 0. The molecule has 11 heavy (non-hydrogen) atoms. The van der Waals surface area contributed by atoms with Gasteiger partial charge in [0.1, 0.15) is 0 Å². The standard InChI is InChI=1S/C3H8O.2CH2O2.Ni/c1-3(2)4;2*2-1-3;/h3-4H,1-2H3;2*1H,(H,2,3);/q;;;+2/p-2. The normalized spacial score (nSPS) is 5.45. The maximum Gasteiger partial charge on any atom is 2.00 e. The number of rotatable bonds is 0. The molecule has 0 bridgehead atoms. The molecule has 0 aromatic carbocycles. The van der Waals surface area contributed by atoms with Crippen molar-refractivity contribution in [1.82, 2.24) is 0 Å². The third-order valence-corrected chi connectivity index (χ3v) is 0. The number of aliphatic hydroxyl groups is 1. The van der Waals surface area contributed by atoms with Gasteiger partial charge < -0.3 is 24.9 Å². The summed E-state index contributed by atoms with van der Waals surface area (Å²) in [6.07, 6.45) is -0.167. The molecule has 70 valence electrons. The topological polar surface area (TPSA) is 100 Å². The van der Waals surface area contributed by atoms with E-state index in [0.29, 0.717) is 0 Å². The van der Waals surface area contributed by atoms with Gasteiger partial charge in [-0.2, -0.15) is 0 Å². The molecular weight excluding hydrogens is 199 g/mol. The van der Waals surface area contributed by atoms with Crippen LogP contribution in [-0.4, -0.2) is 24.2 Å². The van der Waals surface area contributed by atoms with Gasteiger partial charge in [0.25, 0.3) is 0 Å². The maximum absolute atomic E-state index is 8.25. The quantitative estimate of drug-likeness (QED) is 0.341. The average molecular weight is 209 g/mol. The molecule has 0 fully saturated rings. The Morgan fingerprint density at radius 3 is 1.18 bits per heavy atom. The number of hydrogen-bond acceptors (Lipinski definition) is 5. The fraction of sp³-hybridized carbons (Fsp3) is 0.600. The number of aliphatic hydroxyl groups excluding tert-OH is 1. The zero-order chi connectivity index (χ0) is 8.99. The summed E-state index contributed by atoms with van der Waals surface area (Å²) in [6.45, 7) is 2.44. The predicted octanol–water partition coefficient (Wildman–Crippen LogP) is -2.88. The van der Waals surface area contributed by atoms with Crippen LogP contribution in [0.5, 0.6) is 0 Å². The zero-order valence-electron chi connectivity index (χ0n) is 6.13. The molecule has 0 saturated heterocycles. The van der Waals surface area contributed by atoms with Crippen molar-refractivity contribution in [3.05, 3.63) is 0 Å². The van der Waals surface area contributed by atoms with Crippen molar-refractivity contribution in [2.45, 2.75) is 20.0 Å². The number of carbonyl (C=O) groups is 2. The van der Waals surface area contributed by atoms with Crippen LogP contribution in [0.4, 0.5) is 0 Å². The second-order valence-electron chi connectivity index (χ2n) is 1.29. The van der Waals surface area contributed by atoms with Gasteiger partial charge in [0.05, 0.1) is 0 Å². The van der Waals surface area contributed by atoms with Crippen molar-refractivity contribution >= 4 is 12.9 Å². The van der Waals surface area contributed by atoms with E-state index in [2.05, 4.69) is 0 Å². The molecule has 5 nitrogen and oxygen atoms in total. The SMILES string of the molecule is CC(C)O.O=C[O-].O=C[O-].[Ni+2]. The van der Waals surface area contributed by atoms with Crippen molar-refractivity contribution in [3.63, 3.8) is 0 Å². The molecule has 0 radical (unpaired) electrons. The van der Waals surface area contributed by atoms with Gasteiger partial charge in [0.2, 0.25) is 0 Å². The van der Waals surface area contributed by atoms with Gasteiger partial charge in [-0.25, -0.2) is 0 Å². The van der Waals surface area contributed by atoms with Crippen LogP contribution in [0, 0.1) is 0 Å². The first-order valence-electron chi connectivity index (χ1n) is 2.36. The first-order chi connectivity index (χ1) is 4.56. The van der Waals surface area contributed by atoms with Crippen LogP contribution in [0.15, 0.2) is 0 Å². The van der Waals surface area contributed by atoms with E-state index in [4.69, 9.17) is 24.9 Å². The molecule has 6 heteroatoms. The summed E-state index contributed by atoms with van der Waals surface area (Å²) in [5.74, 6) is 0. The molecule has 0 unspecified atom stereocenters. The Morgan fingerprint density at radius 1 is 1.18 bits per heavy atom. The minimum atomic E-state index is -0.500. The van der Waals surface area contributed by atoms with Gasteiger partial charge in [-0.05, 0) is 13.8 Å². The van der Waals surface area contributed by atoms with Crippen LogP contribution < -0.4 is 10.2 Å². The van der Waals surface area contributed by atoms with Crippen LogP contribution in [0.3, 0.4) is 0 Å². The van der Waals surface area contributed by atoms with E-state index in [1.807, 2.05) is 0 Å². The summed E-state index contributed by atoms with van der Waals surface area (Å²) in [5, 5.41) is 24.6. The Kier molecular flexibility index (Phi) is 69.9. The van der Waals surface area contributed by atoms with Gasteiger partial charge in [-0.1, -0.05) is 0 Å². The maximum atomic E-state index is 8.25. The molecule has 0 aliphatic heterocycles. The van der Waals surface area contributed by atoms with Crippen LogP contribution in [-0.2, 0) is 26.1 Å². The fourth-order valence-electron chi connectivity index (χ4n) is 0. The minimum absolute atomic E-state index is 0. The monoisotopic (exact) mass is 208 g/mol. The molecule has 0 atom stereocenters. The average Bonchev–Trinajstić information content (AvgIpc) is 1.65. The number of carbonyl (C=O) groups excluding carboxylic acids is 2. The molecule has 0 aliphatic carbocycles. The van der Waals surface area contributed by atoms with Crippen LogP contribution in [0.1, 0.15) is 13.8 Å². The van der Waals surface area contributed by atoms with Crippen LogP contribution in [0.2, 0.25) is 0 Å². The van der Waals surface area contributed by atoms with Gasteiger partial charge in [0, 0.05) is 19.0 Å². The number of hydrogen-bond donors (Lipinski definition) is 1. The molecule has 0 aromatic rings. The molecule has 0 spiro atoms. The van der Waals surface area contributed by atoms with Crippen molar-refractivity contribution in [1.29, 1.82) is 0 Å². The van der Waals surface area contributed by atoms with E-state index in [-0.39, 0.29) is 22.6 Å². The van der Waals surface area contributed by atoms with Crippen molar-refractivity contribution < 1.29 is 41.4 Å². The summed E-state index contributed by atoms with van der Waals surface area (Å²) in [4.78, 5) is 16.5. The number of carboxylic acid groups (broad SMARTS) is 2. The van der Waals surface area contributed by atoms with Crippen molar-refractivity contribution in [2.75, 3.05) is 0 Å². The first kappa shape index (κ1) is 22.4. The van der Waals surface area contributed by atoms with Gasteiger partial charge >= 0.3 is 16.5 Å². The van der Waals surface area contributed by atoms with E-state index < -0.39 is 12.9 Å². The summed E-state index contributed by atoms with van der Waals surface area (Å²) < 4.78 is 0. The van der Waals surface area contributed by atoms with Crippen molar-refractivity contribution in [3.8, 4) is 0 Å². The van der Waals surface area contributed by atoms with Crippen molar-refractivity contribution in [2.24, 2.45) is 0 Å². The third-order valence-electron chi connectivity index (χ3n) is 0. The molecular formula is C5H10NiO5. The Bertz CT molecular complexity index is 57.1. The molecule has 0 heterocycles. The van der Waals surface area contributed by atoms with E-state index >= 15 is 0 Å². The second-order valence-corrected chi connectivity index (χ2v) is 1.29. The Hall–Kier alpha value is -0.606. The summed E-state index contributed by atoms with van der Waals surface area (Å²) >= 11 is 0. The molecule has 0 aromatic heterocycles. The van der Waals surface area contributed by atoms with E-state index in [9.17, 15) is 0 Å². The van der Waals surface area contributed by atoms with Gasteiger partial charge in [-0.3, -0.25) is 0 Å².